The summed E-state index contributed by atoms with van der Waals surface area (Å²) in [5.74, 6) is -1.55. The molecule has 1 fully saturated rings. The fourth-order valence-electron chi connectivity index (χ4n) is 3.16. The maximum absolute atomic E-state index is 12.5. The molecule has 1 amide bonds. The molecular weight excluding hydrogens is 344 g/mol. The molecule has 0 bridgehead atoms. The lowest BCUT2D eigenvalue weighted by Gasteiger charge is -2.37. The summed E-state index contributed by atoms with van der Waals surface area (Å²) in [5.41, 5.74) is 0.699. The van der Waals surface area contributed by atoms with Gasteiger partial charge in [-0.15, -0.1) is 0 Å². The zero-order chi connectivity index (χ0) is 18.6. The van der Waals surface area contributed by atoms with Crippen molar-refractivity contribution in [3.63, 3.8) is 0 Å². The Balaban J connectivity index is 2.07. The molecule has 0 aromatic heterocycles. The third-order valence-corrected chi connectivity index (χ3v) is 6.11. The van der Waals surface area contributed by atoms with E-state index in [9.17, 15) is 23.1 Å². The van der Waals surface area contributed by atoms with E-state index >= 15 is 0 Å². The van der Waals surface area contributed by atoms with Crippen LogP contribution >= 0.6 is 0 Å². The fourth-order valence-corrected chi connectivity index (χ4v) is 4.20. The highest BCUT2D eigenvalue weighted by molar-refractivity contribution is 7.89. The quantitative estimate of drug-likeness (QED) is 0.786. The number of carbonyl (C=O) groups excluding carboxylic acids is 1. The standard InChI is InChI=1S/C17H24N2O5S/c1-3-18-25(23,24)14-8-6-13(7-9-14)11-16(20)19-10-4-5-15(12(19)2)17(21)22/h6-9,12,15,18H,3-5,10-11H2,1-2H3,(H,21,22)/t12-,15-/m0/s1. The Labute approximate surface area is 148 Å². The van der Waals surface area contributed by atoms with Crippen LogP contribution in [0.1, 0.15) is 32.3 Å². The van der Waals surface area contributed by atoms with Crippen LogP contribution in [0, 0.1) is 5.92 Å². The van der Waals surface area contributed by atoms with Gasteiger partial charge in [0.25, 0.3) is 0 Å². The smallest absolute Gasteiger partial charge is 0.308 e. The van der Waals surface area contributed by atoms with Gasteiger partial charge in [0, 0.05) is 19.1 Å². The van der Waals surface area contributed by atoms with Gasteiger partial charge in [0.2, 0.25) is 15.9 Å². The van der Waals surface area contributed by atoms with Gasteiger partial charge in [0.1, 0.15) is 0 Å². The number of benzene rings is 1. The summed E-state index contributed by atoms with van der Waals surface area (Å²) >= 11 is 0. The van der Waals surface area contributed by atoms with Gasteiger partial charge >= 0.3 is 5.97 Å². The first-order chi connectivity index (χ1) is 11.8. The summed E-state index contributed by atoms with van der Waals surface area (Å²) in [4.78, 5) is 25.6. The van der Waals surface area contributed by atoms with Crippen LogP contribution in [-0.4, -0.2) is 49.4 Å². The van der Waals surface area contributed by atoms with Crippen molar-refractivity contribution in [1.29, 1.82) is 0 Å². The highest BCUT2D eigenvalue weighted by atomic mass is 32.2. The predicted octanol–water partition coefficient (Wildman–Crippen LogP) is 1.24. The van der Waals surface area contributed by atoms with Crippen LogP contribution < -0.4 is 4.72 Å². The maximum atomic E-state index is 12.5. The molecule has 1 aliphatic rings. The third kappa shape index (κ3) is 4.58. The molecule has 25 heavy (non-hydrogen) atoms. The van der Waals surface area contributed by atoms with Crippen molar-refractivity contribution in [3.8, 4) is 0 Å². The van der Waals surface area contributed by atoms with Crippen molar-refractivity contribution >= 4 is 21.9 Å². The second-order valence-corrected chi connectivity index (χ2v) is 8.00. The Morgan fingerprint density at radius 2 is 1.92 bits per heavy atom. The van der Waals surface area contributed by atoms with Gasteiger partial charge in [0.05, 0.1) is 17.2 Å². The molecule has 1 aromatic carbocycles. The molecule has 7 nitrogen and oxygen atoms in total. The molecule has 0 radical (unpaired) electrons. The SMILES string of the molecule is CCNS(=O)(=O)c1ccc(CC(=O)N2CCC[C@H](C(=O)O)[C@@H]2C)cc1. The van der Waals surface area contributed by atoms with E-state index in [-0.39, 0.29) is 23.3 Å². The number of hydrogen-bond donors (Lipinski definition) is 2. The molecule has 0 aliphatic carbocycles. The first-order valence-electron chi connectivity index (χ1n) is 8.37. The predicted molar refractivity (Wildman–Crippen MR) is 92.5 cm³/mol. The molecule has 0 saturated carbocycles. The van der Waals surface area contributed by atoms with E-state index in [1.165, 1.54) is 12.1 Å². The summed E-state index contributed by atoms with van der Waals surface area (Å²) < 4.78 is 26.2. The maximum Gasteiger partial charge on any atom is 0.308 e. The minimum Gasteiger partial charge on any atom is -0.481 e. The van der Waals surface area contributed by atoms with Crippen LogP contribution in [0.25, 0.3) is 0 Å². The van der Waals surface area contributed by atoms with E-state index in [1.54, 1.807) is 30.9 Å². The van der Waals surface area contributed by atoms with Crippen LogP contribution in [0.4, 0.5) is 0 Å². The number of nitrogens with zero attached hydrogens (tertiary/aromatic N) is 1. The van der Waals surface area contributed by atoms with Gasteiger partial charge in [-0.2, -0.15) is 0 Å². The van der Waals surface area contributed by atoms with Gasteiger partial charge in [-0.3, -0.25) is 9.59 Å². The molecule has 2 atom stereocenters. The zero-order valence-corrected chi connectivity index (χ0v) is 15.3. The minimum atomic E-state index is -3.51. The van der Waals surface area contributed by atoms with E-state index < -0.39 is 21.9 Å². The number of aliphatic carboxylic acids is 1. The molecule has 0 spiro atoms. The number of rotatable bonds is 6. The Hall–Kier alpha value is -1.93. The Morgan fingerprint density at radius 3 is 2.48 bits per heavy atom. The highest BCUT2D eigenvalue weighted by Crippen LogP contribution is 2.24. The van der Waals surface area contributed by atoms with Crippen molar-refractivity contribution in [3.05, 3.63) is 29.8 Å². The topological polar surface area (TPSA) is 104 Å². The van der Waals surface area contributed by atoms with E-state index in [1.807, 2.05) is 0 Å². The Morgan fingerprint density at radius 1 is 1.28 bits per heavy atom. The van der Waals surface area contributed by atoms with Crippen LogP contribution in [0.2, 0.25) is 0 Å². The number of carboxylic acids is 1. The van der Waals surface area contributed by atoms with Crippen LogP contribution in [-0.2, 0) is 26.0 Å². The molecule has 8 heteroatoms. The van der Waals surface area contributed by atoms with Crippen LogP contribution in [0.15, 0.2) is 29.2 Å². The molecule has 2 N–H and O–H groups in total. The average Bonchev–Trinajstić information content (AvgIpc) is 2.55. The number of piperidine rings is 1. The van der Waals surface area contributed by atoms with Crippen molar-refractivity contribution in [2.24, 2.45) is 5.92 Å². The largest absolute Gasteiger partial charge is 0.481 e. The molecule has 2 rings (SSSR count). The molecule has 1 aliphatic heterocycles. The first kappa shape index (κ1) is 19.4. The summed E-state index contributed by atoms with van der Waals surface area (Å²) in [6.07, 6.45) is 1.38. The average molecular weight is 368 g/mol. The monoisotopic (exact) mass is 368 g/mol. The van der Waals surface area contributed by atoms with Crippen molar-refractivity contribution in [1.82, 2.24) is 9.62 Å². The molecule has 1 heterocycles. The number of sulfonamides is 1. The van der Waals surface area contributed by atoms with E-state index in [2.05, 4.69) is 4.72 Å². The van der Waals surface area contributed by atoms with E-state index in [0.717, 1.165) is 0 Å². The van der Waals surface area contributed by atoms with Gasteiger partial charge in [-0.05, 0) is 37.5 Å². The summed E-state index contributed by atoms with van der Waals surface area (Å²) in [7, 11) is -3.51. The zero-order valence-electron chi connectivity index (χ0n) is 14.4. The second kappa shape index (κ2) is 7.97. The number of nitrogens with one attached hydrogen (secondary N) is 1. The van der Waals surface area contributed by atoms with Gasteiger partial charge in [0.15, 0.2) is 0 Å². The summed E-state index contributed by atoms with van der Waals surface area (Å²) in [6, 6.07) is 5.84. The van der Waals surface area contributed by atoms with Gasteiger partial charge < -0.3 is 10.0 Å². The number of carboxylic acid groups (broad SMARTS) is 1. The number of carbonyl (C=O) groups is 2. The Kier molecular flexibility index (Phi) is 6.18. The van der Waals surface area contributed by atoms with Gasteiger partial charge in [-0.1, -0.05) is 19.1 Å². The highest BCUT2D eigenvalue weighted by Gasteiger charge is 2.35. The van der Waals surface area contributed by atoms with Gasteiger partial charge in [-0.25, -0.2) is 13.1 Å². The van der Waals surface area contributed by atoms with E-state index in [0.29, 0.717) is 31.5 Å². The summed E-state index contributed by atoms with van der Waals surface area (Å²) in [6.45, 7) is 4.33. The lowest BCUT2D eigenvalue weighted by Crippen LogP contribution is -2.49. The Bertz CT molecular complexity index is 730. The number of hydrogen-bond acceptors (Lipinski definition) is 4. The van der Waals surface area contributed by atoms with Crippen molar-refractivity contribution in [2.45, 2.75) is 44.0 Å². The van der Waals surface area contributed by atoms with Crippen molar-refractivity contribution in [2.75, 3.05) is 13.1 Å². The van der Waals surface area contributed by atoms with E-state index in [4.69, 9.17) is 0 Å². The molecule has 138 valence electrons. The molecule has 1 aromatic rings. The minimum absolute atomic E-state index is 0.123. The number of likely N-dealkylation sites (tertiary alicyclic amines) is 1. The lowest BCUT2D eigenvalue weighted by molar-refractivity contribution is -0.148. The van der Waals surface area contributed by atoms with Crippen LogP contribution in [0.3, 0.4) is 0 Å². The van der Waals surface area contributed by atoms with Crippen LogP contribution in [0.5, 0.6) is 0 Å². The van der Waals surface area contributed by atoms with Crippen molar-refractivity contribution < 1.29 is 23.1 Å². The number of amides is 1. The third-order valence-electron chi connectivity index (χ3n) is 4.55. The first-order valence-corrected chi connectivity index (χ1v) is 9.85. The molecular formula is C17H24N2O5S. The lowest BCUT2D eigenvalue weighted by atomic mass is 9.90. The summed E-state index contributed by atoms with van der Waals surface area (Å²) in [5, 5.41) is 9.25. The molecule has 1 saturated heterocycles. The molecule has 0 unspecified atom stereocenters. The fraction of sp³-hybridized carbons (Fsp3) is 0.529. The normalized spacial score (nSPS) is 21.1. The second-order valence-electron chi connectivity index (χ2n) is 6.24.